The Morgan fingerprint density at radius 2 is 2.05 bits per heavy atom. The van der Waals surface area contributed by atoms with Crippen LogP contribution in [0.15, 0.2) is 12.1 Å². The molecule has 1 aromatic carbocycles. The summed E-state index contributed by atoms with van der Waals surface area (Å²) in [6.45, 7) is 6.14. The molecule has 1 N–H and O–H groups in total. The van der Waals surface area contributed by atoms with Crippen LogP contribution in [0.5, 0.6) is 0 Å². The van der Waals surface area contributed by atoms with Crippen LogP contribution in [0.25, 0.3) is 0 Å². The Morgan fingerprint density at radius 3 is 2.68 bits per heavy atom. The largest absolute Gasteiger partial charge is 0.370 e. The number of nitrogens with zero attached hydrogens (tertiary/aromatic N) is 2. The summed E-state index contributed by atoms with van der Waals surface area (Å²) in [7, 11) is 0. The van der Waals surface area contributed by atoms with Crippen molar-refractivity contribution in [1.29, 1.82) is 0 Å². The maximum atomic E-state index is 14.5. The fourth-order valence-electron chi connectivity index (χ4n) is 3.18. The van der Waals surface area contributed by atoms with Crippen LogP contribution in [0, 0.1) is 11.7 Å². The van der Waals surface area contributed by atoms with E-state index in [2.05, 4.69) is 5.32 Å². The van der Waals surface area contributed by atoms with Gasteiger partial charge in [0.2, 0.25) is 0 Å². The summed E-state index contributed by atoms with van der Waals surface area (Å²) in [6.07, 6.45) is 0.663. The number of rotatable bonds is 3. The molecule has 6 heteroatoms. The fourth-order valence-corrected chi connectivity index (χ4v) is 3.18. The molecular weight excluding hydrogens is 285 g/mol. The summed E-state index contributed by atoms with van der Waals surface area (Å²) < 4.78 is 14.5. The molecule has 1 unspecified atom stereocenters. The van der Waals surface area contributed by atoms with Crippen molar-refractivity contribution in [2.45, 2.75) is 6.92 Å². The summed E-state index contributed by atoms with van der Waals surface area (Å²) in [5.41, 5.74) is 1.60. The number of halogens is 1. The van der Waals surface area contributed by atoms with Gasteiger partial charge < -0.3 is 19.9 Å². The van der Waals surface area contributed by atoms with Gasteiger partial charge in [0.15, 0.2) is 5.78 Å². The lowest BCUT2D eigenvalue weighted by molar-refractivity contribution is -0.109. The molecule has 1 fully saturated rings. The first-order chi connectivity index (χ1) is 10.7. The molecule has 1 saturated heterocycles. The second-order valence-electron chi connectivity index (χ2n) is 5.70. The minimum absolute atomic E-state index is 0.277. The lowest BCUT2D eigenvalue weighted by Gasteiger charge is -2.35. The van der Waals surface area contributed by atoms with Crippen LogP contribution in [0.3, 0.4) is 0 Å². The van der Waals surface area contributed by atoms with Crippen molar-refractivity contribution >= 4 is 23.4 Å². The number of fused-ring (bicyclic) bond motifs is 1. The summed E-state index contributed by atoms with van der Waals surface area (Å²) in [4.78, 5) is 27.4. The second-order valence-corrected chi connectivity index (χ2v) is 5.70. The molecular formula is C16H20FN3O2. The number of nitrogens with one attached hydrogen (secondary N) is 1. The molecule has 0 bridgehead atoms. The highest BCUT2D eigenvalue weighted by Crippen LogP contribution is 2.35. The van der Waals surface area contributed by atoms with E-state index in [-0.39, 0.29) is 5.78 Å². The molecule has 3 rings (SSSR count). The first-order valence-electron chi connectivity index (χ1n) is 7.69. The number of hydrogen-bond acceptors (Lipinski definition) is 5. The molecule has 2 aliphatic heterocycles. The first-order valence-corrected chi connectivity index (χ1v) is 7.69. The third-order valence-electron chi connectivity index (χ3n) is 4.43. The number of carbonyl (C=O) groups excluding carboxylic acids is 2. The molecule has 0 amide bonds. The normalized spacial score (nSPS) is 21.7. The molecule has 1 aromatic rings. The third kappa shape index (κ3) is 2.47. The van der Waals surface area contributed by atoms with E-state index in [9.17, 15) is 14.0 Å². The van der Waals surface area contributed by atoms with E-state index in [4.69, 9.17) is 0 Å². The third-order valence-corrected chi connectivity index (χ3v) is 4.43. The number of carbonyl (C=O) groups is 2. The van der Waals surface area contributed by atoms with Crippen molar-refractivity contribution < 1.29 is 14.0 Å². The van der Waals surface area contributed by atoms with Gasteiger partial charge in [-0.3, -0.25) is 4.79 Å². The van der Waals surface area contributed by atoms with Crippen LogP contribution in [-0.4, -0.2) is 51.3 Å². The first kappa shape index (κ1) is 15.0. The van der Waals surface area contributed by atoms with E-state index in [0.717, 1.165) is 31.9 Å². The second kappa shape index (κ2) is 6.04. The average molecular weight is 305 g/mol. The van der Waals surface area contributed by atoms with Crippen molar-refractivity contribution in [2.75, 3.05) is 49.1 Å². The number of Topliss-reactive ketones (excluding diaryl/α,β-unsaturated/α-hetero) is 1. The minimum Gasteiger partial charge on any atom is -0.370 e. The monoisotopic (exact) mass is 305 g/mol. The summed E-state index contributed by atoms with van der Waals surface area (Å²) in [5, 5.41) is 3.24. The smallest absolute Gasteiger partial charge is 0.177 e. The number of piperazine rings is 1. The van der Waals surface area contributed by atoms with Crippen molar-refractivity contribution in [3.63, 3.8) is 0 Å². The standard InChI is InChI=1S/C16H20FN3O2/c1-2-19-9-11(10-21)16(22)12-7-13(17)15(8-14(12)19)20-5-3-18-4-6-20/h7-8,10-11,18H,2-6,9H2,1H3. The number of anilines is 2. The van der Waals surface area contributed by atoms with Crippen molar-refractivity contribution in [3.8, 4) is 0 Å². The van der Waals surface area contributed by atoms with Gasteiger partial charge in [0.1, 0.15) is 12.1 Å². The van der Waals surface area contributed by atoms with Crippen molar-refractivity contribution in [1.82, 2.24) is 5.32 Å². The highest BCUT2D eigenvalue weighted by Gasteiger charge is 2.32. The molecule has 2 heterocycles. The van der Waals surface area contributed by atoms with Crippen molar-refractivity contribution in [3.05, 3.63) is 23.5 Å². The predicted octanol–water partition coefficient (Wildman–Crippen LogP) is 1.07. The highest BCUT2D eigenvalue weighted by molar-refractivity contribution is 6.11. The van der Waals surface area contributed by atoms with Gasteiger partial charge in [0, 0.05) is 50.5 Å². The number of benzene rings is 1. The molecule has 5 nitrogen and oxygen atoms in total. The van der Waals surface area contributed by atoms with Crippen LogP contribution in [0.2, 0.25) is 0 Å². The fraction of sp³-hybridized carbons (Fsp3) is 0.500. The van der Waals surface area contributed by atoms with Gasteiger partial charge in [-0.1, -0.05) is 0 Å². The highest BCUT2D eigenvalue weighted by atomic mass is 19.1. The zero-order chi connectivity index (χ0) is 15.7. The van der Waals surface area contributed by atoms with Crippen LogP contribution >= 0.6 is 0 Å². The topological polar surface area (TPSA) is 52.7 Å². The number of hydrogen-bond donors (Lipinski definition) is 1. The maximum absolute atomic E-state index is 14.5. The zero-order valence-corrected chi connectivity index (χ0v) is 12.6. The van der Waals surface area contributed by atoms with Gasteiger partial charge in [-0.05, 0) is 19.1 Å². The van der Waals surface area contributed by atoms with Crippen LogP contribution in [0.1, 0.15) is 17.3 Å². The van der Waals surface area contributed by atoms with E-state index >= 15 is 0 Å². The summed E-state index contributed by atoms with van der Waals surface area (Å²) in [5.74, 6) is -1.37. The molecule has 0 radical (unpaired) electrons. The molecule has 0 spiro atoms. The Bertz CT molecular complexity index is 599. The van der Waals surface area contributed by atoms with E-state index in [1.807, 2.05) is 16.7 Å². The Kier molecular flexibility index (Phi) is 4.11. The molecule has 2 aliphatic rings. The predicted molar refractivity (Wildman–Crippen MR) is 83.3 cm³/mol. The zero-order valence-electron chi connectivity index (χ0n) is 12.6. The molecule has 0 aromatic heterocycles. The number of aldehydes is 1. The average Bonchev–Trinajstić information content (AvgIpc) is 2.56. The summed E-state index contributed by atoms with van der Waals surface area (Å²) in [6, 6.07) is 3.06. The van der Waals surface area contributed by atoms with Gasteiger partial charge in [-0.25, -0.2) is 4.39 Å². The lowest BCUT2D eigenvalue weighted by atomic mass is 9.91. The van der Waals surface area contributed by atoms with Crippen LogP contribution < -0.4 is 15.1 Å². The van der Waals surface area contributed by atoms with E-state index in [0.29, 0.717) is 30.6 Å². The van der Waals surface area contributed by atoms with Gasteiger partial charge in [-0.15, -0.1) is 0 Å². The Hall–Kier alpha value is -1.95. The molecule has 1 atom stereocenters. The van der Waals surface area contributed by atoms with Gasteiger partial charge in [-0.2, -0.15) is 0 Å². The Balaban J connectivity index is 2.04. The summed E-state index contributed by atoms with van der Waals surface area (Å²) >= 11 is 0. The van der Waals surface area contributed by atoms with E-state index in [1.54, 1.807) is 6.07 Å². The number of ketones is 1. The van der Waals surface area contributed by atoms with Gasteiger partial charge in [0.05, 0.1) is 11.6 Å². The van der Waals surface area contributed by atoms with E-state index < -0.39 is 11.7 Å². The molecule has 0 aliphatic carbocycles. The maximum Gasteiger partial charge on any atom is 0.177 e. The molecule has 22 heavy (non-hydrogen) atoms. The van der Waals surface area contributed by atoms with Gasteiger partial charge in [0.25, 0.3) is 0 Å². The van der Waals surface area contributed by atoms with Crippen molar-refractivity contribution in [2.24, 2.45) is 5.92 Å². The molecule has 0 saturated carbocycles. The molecule has 118 valence electrons. The lowest BCUT2D eigenvalue weighted by Crippen LogP contribution is -2.44. The van der Waals surface area contributed by atoms with Crippen LogP contribution in [-0.2, 0) is 4.79 Å². The van der Waals surface area contributed by atoms with Crippen LogP contribution in [0.4, 0.5) is 15.8 Å². The SMILES string of the molecule is CCN1CC(C=O)C(=O)c2cc(F)c(N3CCNCC3)cc21. The van der Waals surface area contributed by atoms with Gasteiger partial charge >= 0.3 is 0 Å². The Labute approximate surface area is 129 Å². The quantitative estimate of drug-likeness (QED) is 0.669. The Morgan fingerprint density at radius 1 is 1.32 bits per heavy atom. The minimum atomic E-state index is -0.697. The van der Waals surface area contributed by atoms with E-state index in [1.165, 1.54) is 6.07 Å².